The first-order valence-electron chi connectivity index (χ1n) is 10.6. The summed E-state index contributed by atoms with van der Waals surface area (Å²) in [7, 11) is 3.14. The number of carbonyl (C=O) groups excluding carboxylic acids is 1. The molecule has 0 saturated heterocycles. The van der Waals surface area contributed by atoms with E-state index in [9.17, 15) is 9.90 Å². The Kier molecular flexibility index (Phi) is 6.83. The van der Waals surface area contributed by atoms with E-state index in [0.717, 1.165) is 0 Å². The summed E-state index contributed by atoms with van der Waals surface area (Å²) >= 11 is 0. The highest BCUT2D eigenvalue weighted by molar-refractivity contribution is 5.82. The largest absolute Gasteiger partial charge is 0.484 e. The highest BCUT2D eigenvalue weighted by atomic mass is 16.5. The molecule has 4 N–H and O–H groups in total. The molecule has 1 amide bonds. The molecule has 1 aliphatic heterocycles. The van der Waals surface area contributed by atoms with Crippen molar-refractivity contribution in [3.05, 3.63) is 23.8 Å². The molecule has 2 atom stereocenters. The first kappa shape index (κ1) is 23.9. The second-order valence-electron chi connectivity index (χ2n) is 8.40. The maximum absolute atomic E-state index is 11.5. The number of carbonyl (C=O) groups is 1. The molecule has 33 heavy (non-hydrogen) atoms. The van der Waals surface area contributed by atoms with Crippen LogP contribution in [0.25, 0.3) is 11.4 Å². The summed E-state index contributed by atoms with van der Waals surface area (Å²) in [6, 6.07) is 4.83. The van der Waals surface area contributed by atoms with Gasteiger partial charge in [-0.2, -0.15) is 5.26 Å². The Morgan fingerprint density at radius 3 is 2.82 bits per heavy atom. The van der Waals surface area contributed by atoms with E-state index in [1.165, 1.54) is 7.05 Å². The second-order valence-corrected chi connectivity index (χ2v) is 8.40. The Morgan fingerprint density at radius 1 is 1.39 bits per heavy atom. The van der Waals surface area contributed by atoms with Crippen molar-refractivity contribution in [1.29, 1.82) is 5.26 Å². The molecule has 2 aromatic rings. The van der Waals surface area contributed by atoms with Gasteiger partial charge in [-0.05, 0) is 55.8 Å². The number of hydrogen-bond donors (Lipinski definition) is 4. The Bertz CT molecular complexity index is 1080. The molecule has 0 radical (unpaired) electrons. The van der Waals surface area contributed by atoms with Gasteiger partial charge in [0.25, 0.3) is 0 Å². The number of tetrazole rings is 1. The molecule has 0 fully saturated rings. The summed E-state index contributed by atoms with van der Waals surface area (Å²) in [4.78, 5) is 15.6. The lowest BCUT2D eigenvalue weighted by atomic mass is 9.75. The minimum Gasteiger partial charge on any atom is -0.484 e. The van der Waals surface area contributed by atoms with Crippen LogP contribution in [-0.2, 0) is 11.3 Å². The van der Waals surface area contributed by atoms with Gasteiger partial charge in [-0.15, -0.1) is 5.10 Å². The number of aryl methyl sites for hydroxylation is 1. The predicted octanol–water partition coefficient (Wildman–Crippen LogP) is 0.475. The van der Waals surface area contributed by atoms with Crippen molar-refractivity contribution in [2.45, 2.75) is 57.4 Å². The van der Waals surface area contributed by atoms with Crippen molar-refractivity contribution in [2.24, 2.45) is 4.99 Å². The third-order valence-corrected chi connectivity index (χ3v) is 5.99. The minimum atomic E-state index is -1.37. The summed E-state index contributed by atoms with van der Waals surface area (Å²) < 4.78 is 7.76. The number of nitrogens with one attached hydrogen (secondary N) is 3. The van der Waals surface area contributed by atoms with Gasteiger partial charge < -0.3 is 20.5 Å². The predicted molar refractivity (Wildman–Crippen MR) is 120 cm³/mol. The molecule has 12 nitrogen and oxygen atoms in total. The van der Waals surface area contributed by atoms with E-state index in [1.54, 1.807) is 38.6 Å². The summed E-state index contributed by atoms with van der Waals surface area (Å²) in [5, 5.41) is 40.7. The van der Waals surface area contributed by atoms with Crippen molar-refractivity contribution in [3.63, 3.8) is 0 Å². The molecule has 3 rings (SSSR count). The zero-order valence-corrected chi connectivity index (χ0v) is 19.4. The Morgan fingerprint density at radius 2 is 2.15 bits per heavy atom. The SMILES string of the molecule is CN=C(NC#N)N[C@@H]1c2cc(-c3nnnn3CCCC(=O)NC)ccc2OC(C)(C)[C@@]1(C)O. The summed E-state index contributed by atoms with van der Waals surface area (Å²) in [5.41, 5.74) is -0.928. The number of amides is 1. The molecule has 0 saturated carbocycles. The molecule has 1 aromatic carbocycles. The lowest BCUT2D eigenvalue weighted by Gasteiger charge is -2.49. The van der Waals surface area contributed by atoms with Crippen LogP contribution in [0.4, 0.5) is 0 Å². The van der Waals surface area contributed by atoms with Crippen molar-refractivity contribution >= 4 is 11.9 Å². The molecule has 0 bridgehead atoms. The first-order valence-corrected chi connectivity index (χ1v) is 10.6. The van der Waals surface area contributed by atoms with E-state index in [2.05, 4.69) is 36.5 Å². The maximum Gasteiger partial charge on any atom is 0.219 e. The van der Waals surface area contributed by atoms with Crippen LogP contribution in [0.15, 0.2) is 23.2 Å². The van der Waals surface area contributed by atoms with Gasteiger partial charge in [-0.1, -0.05) is 0 Å². The summed E-state index contributed by atoms with van der Waals surface area (Å²) in [6.07, 6.45) is 2.78. The van der Waals surface area contributed by atoms with Gasteiger partial charge in [-0.3, -0.25) is 15.1 Å². The van der Waals surface area contributed by atoms with E-state index in [1.807, 2.05) is 18.3 Å². The molecule has 0 unspecified atom stereocenters. The number of hydrogen-bond acceptors (Lipinski definition) is 8. The molecule has 176 valence electrons. The Labute approximate surface area is 192 Å². The van der Waals surface area contributed by atoms with E-state index in [-0.39, 0.29) is 11.9 Å². The molecule has 1 aromatic heterocycles. The molecular weight excluding hydrogens is 426 g/mol. The lowest BCUT2D eigenvalue weighted by molar-refractivity contribution is -0.136. The van der Waals surface area contributed by atoms with Crippen LogP contribution < -0.4 is 20.7 Å². The molecule has 0 aliphatic carbocycles. The van der Waals surface area contributed by atoms with Crippen molar-refractivity contribution in [3.8, 4) is 23.3 Å². The lowest BCUT2D eigenvalue weighted by Crippen LogP contribution is -2.62. The van der Waals surface area contributed by atoms with Crippen LogP contribution in [0.3, 0.4) is 0 Å². The molecule has 0 spiro atoms. The quantitative estimate of drug-likeness (QED) is 0.210. The first-order chi connectivity index (χ1) is 15.6. The summed E-state index contributed by atoms with van der Waals surface area (Å²) in [6.45, 7) is 5.73. The second kappa shape index (κ2) is 9.41. The number of nitriles is 1. The number of rotatable bonds is 6. The van der Waals surface area contributed by atoms with Crippen LogP contribution in [0, 0.1) is 11.5 Å². The highest BCUT2D eigenvalue weighted by Gasteiger charge is 2.53. The number of fused-ring (bicyclic) bond motifs is 1. The monoisotopic (exact) mass is 455 g/mol. The Hall–Kier alpha value is -3.72. The van der Waals surface area contributed by atoms with E-state index in [4.69, 9.17) is 10.00 Å². The average Bonchev–Trinajstić information content (AvgIpc) is 3.24. The van der Waals surface area contributed by atoms with Crippen LogP contribution >= 0.6 is 0 Å². The van der Waals surface area contributed by atoms with Gasteiger partial charge in [0.05, 0.1) is 6.04 Å². The topological polar surface area (TPSA) is 162 Å². The van der Waals surface area contributed by atoms with Crippen LogP contribution in [0.1, 0.15) is 45.2 Å². The zero-order chi connectivity index (χ0) is 24.2. The van der Waals surface area contributed by atoms with Crippen molar-refractivity contribution in [2.75, 3.05) is 14.1 Å². The Balaban J connectivity index is 1.98. The number of benzene rings is 1. The zero-order valence-electron chi connectivity index (χ0n) is 19.4. The fourth-order valence-electron chi connectivity index (χ4n) is 3.68. The number of aliphatic imine (C=N–C) groups is 1. The average molecular weight is 456 g/mol. The third-order valence-electron chi connectivity index (χ3n) is 5.99. The van der Waals surface area contributed by atoms with Crippen molar-refractivity contribution < 1.29 is 14.6 Å². The molecule has 12 heteroatoms. The fourth-order valence-corrected chi connectivity index (χ4v) is 3.68. The van der Waals surface area contributed by atoms with Crippen LogP contribution in [0.5, 0.6) is 5.75 Å². The molecule has 1 aliphatic rings. The molecular formula is C21H29N9O3. The van der Waals surface area contributed by atoms with Gasteiger partial charge in [0, 0.05) is 38.2 Å². The van der Waals surface area contributed by atoms with Gasteiger partial charge in [0.2, 0.25) is 11.9 Å². The third kappa shape index (κ3) is 4.73. The normalized spacial score (nSPS) is 21.4. The van der Waals surface area contributed by atoms with Gasteiger partial charge in [-0.25, -0.2) is 4.68 Å². The number of ether oxygens (including phenoxy) is 1. The minimum absolute atomic E-state index is 0.0475. The maximum atomic E-state index is 11.5. The van der Waals surface area contributed by atoms with Gasteiger partial charge >= 0.3 is 0 Å². The number of nitrogens with zero attached hydrogens (tertiary/aromatic N) is 6. The standard InChI is InChI=1S/C21H29N9O3/c1-20(2)21(3,32)17(26-19(24-5)25-12-22)14-11-13(8-9-15(14)33-20)18-27-28-29-30(18)10-6-7-16(31)23-4/h8-9,11,17,32H,6-7,10H2,1-5H3,(H,23,31)(H2,24,25,26)/t17-,21+/m1/s1. The smallest absolute Gasteiger partial charge is 0.219 e. The number of aliphatic hydroxyl groups is 1. The summed E-state index contributed by atoms with van der Waals surface area (Å²) in [5.74, 6) is 1.28. The van der Waals surface area contributed by atoms with E-state index >= 15 is 0 Å². The van der Waals surface area contributed by atoms with Crippen LogP contribution in [0.2, 0.25) is 0 Å². The highest BCUT2D eigenvalue weighted by Crippen LogP contribution is 2.47. The van der Waals surface area contributed by atoms with Crippen molar-refractivity contribution in [1.82, 2.24) is 36.2 Å². The van der Waals surface area contributed by atoms with Gasteiger partial charge in [0.1, 0.15) is 17.0 Å². The van der Waals surface area contributed by atoms with E-state index in [0.29, 0.717) is 42.1 Å². The van der Waals surface area contributed by atoms with Gasteiger partial charge in [0.15, 0.2) is 12.0 Å². The molecule has 2 heterocycles. The number of guanidine groups is 1. The number of aromatic nitrogens is 4. The van der Waals surface area contributed by atoms with E-state index < -0.39 is 17.2 Å². The fraction of sp³-hybridized carbons (Fsp3) is 0.524. The van der Waals surface area contributed by atoms with Crippen LogP contribution in [-0.4, -0.2) is 62.5 Å².